The van der Waals surface area contributed by atoms with Crippen LogP contribution < -0.4 is 5.32 Å². The van der Waals surface area contributed by atoms with Crippen LogP contribution >= 0.6 is 0 Å². The Bertz CT molecular complexity index is 205. The number of fused-ring (bicyclic) bond motifs is 2. The molecule has 0 aromatic carbocycles. The number of nitrogens with one attached hydrogen (secondary N) is 1. The Labute approximate surface area is 94.4 Å². The first kappa shape index (κ1) is 11.4. The molecule has 15 heavy (non-hydrogen) atoms. The van der Waals surface area contributed by atoms with Crippen molar-refractivity contribution in [2.75, 3.05) is 13.6 Å². The van der Waals surface area contributed by atoms with E-state index in [1.165, 1.54) is 32.2 Å². The van der Waals surface area contributed by atoms with Gasteiger partial charge in [0.1, 0.15) is 0 Å². The summed E-state index contributed by atoms with van der Waals surface area (Å²) in [6.07, 6.45) is 5.69. The van der Waals surface area contributed by atoms with Crippen molar-refractivity contribution >= 4 is 0 Å². The molecule has 2 unspecified atom stereocenters. The number of nitrogens with zero attached hydrogens (tertiary/aromatic N) is 1. The van der Waals surface area contributed by atoms with Crippen molar-refractivity contribution in [3.63, 3.8) is 0 Å². The second-order valence-electron chi connectivity index (χ2n) is 6.36. The van der Waals surface area contributed by atoms with E-state index in [-0.39, 0.29) is 0 Å². The summed E-state index contributed by atoms with van der Waals surface area (Å²) >= 11 is 0. The summed E-state index contributed by atoms with van der Waals surface area (Å²) < 4.78 is 0. The third kappa shape index (κ3) is 2.21. The molecule has 2 fully saturated rings. The molecule has 0 aromatic heterocycles. The first-order chi connectivity index (χ1) is 7.02. The summed E-state index contributed by atoms with van der Waals surface area (Å²) in [5.74, 6) is 0.922. The fourth-order valence-corrected chi connectivity index (χ4v) is 3.84. The van der Waals surface area contributed by atoms with Gasteiger partial charge in [0.05, 0.1) is 0 Å². The molecule has 2 aliphatic heterocycles. The van der Waals surface area contributed by atoms with Crippen LogP contribution in [-0.2, 0) is 0 Å². The Morgan fingerprint density at radius 3 is 2.07 bits per heavy atom. The lowest BCUT2D eigenvalue weighted by Crippen LogP contribution is -2.53. The molecule has 88 valence electrons. The van der Waals surface area contributed by atoms with Crippen molar-refractivity contribution in [3.05, 3.63) is 0 Å². The van der Waals surface area contributed by atoms with Crippen molar-refractivity contribution in [2.24, 2.45) is 5.92 Å². The normalized spacial score (nSPS) is 37.2. The van der Waals surface area contributed by atoms with E-state index in [1.54, 1.807) is 0 Å². The predicted octanol–water partition coefficient (Wildman–Crippen LogP) is 2.25. The highest BCUT2D eigenvalue weighted by atomic mass is 15.3. The van der Waals surface area contributed by atoms with E-state index in [9.17, 15) is 0 Å². The lowest BCUT2D eigenvalue weighted by atomic mass is 9.87. The maximum absolute atomic E-state index is 3.34. The van der Waals surface area contributed by atoms with Crippen molar-refractivity contribution in [3.8, 4) is 0 Å². The maximum atomic E-state index is 3.34. The fraction of sp³-hybridized carbons (Fsp3) is 1.00. The monoisotopic (exact) mass is 210 g/mol. The minimum atomic E-state index is 0.371. The molecule has 2 bridgehead atoms. The minimum absolute atomic E-state index is 0.371. The Kier molecular flexibility index (Phi) is 3.09. The molecule has 0 radical (unpaired) electrons. The fourth-order valence-electron chi connectivity index (χ4n) is 3.84. The van der Waals surface area contributed by atoms with Gasteiger partial charge >= 0.3 is 0 Å². The molecule has 0 spiro atoms. The van der Waals surface area contributed by atoms with Crippen LogP contribution in [0.25, 0.3) is 0 Å². The van der Waals surface area contributed by atoms with Crippen molar-refractivity contribution < 1.29 is 0 Å². The third-order valence-corrected chi connectivity index (χ3v) is 4.10. The zero-order valence-electron chi connectivity index (χ0n) is 10.7. The second kappa shape index (κ2) is 4.06. The van der Waals surface area contributed by atoms with Crippen LogP contribution in [0.1, 0.15) is 46.5 Å². The molecule has 0 amide bonds. The van der Waals surface area contributed by atoms with E-state index in [4.69, 9.17) is 0 Å². The molecule has 2 rings (SSSR count). The number of hydrogen-bond donors (Lipinski definition) is 1. The molecular weight excluding hydrogens is 184 g/mol. The molecule has 0 aromatic rings. The SMILES string of the molecule is CNCC1CC2CCC(C1)N2C(C)(C)C. The summed E-state index contributed by atoms with van der Waals surface area (Å²) in [6, 6.07) is 1.73. The third-order valence-electron chi connectivity index (χ3n) is 4.10. The first-order valence-corrected chi connectivity index (χ1v) is 6.45. The van der Waals surface area contributed by atoms with Gasteiger partial charge in [-0.3, -0.25) is 4.90 Å². The topological polar surface area (TPSA) is 15.3 Å². The molecule has 2 atom stereocenters. The number of hydrogen-bond acceptors (Lipinski definition) is 2. The van der Waals surface area contributed by atoms with Gasteiger partial charge in [-0.15, -0.1) is 0 Å². The van der Waals surface area contributed by atoms with E-state index in [0.717, 1.165) is 18.0 Å². The van der Waals surface area contributed by atoms with Crippen LogP contribution in [0.4, 0.5) is 0 Å². The molecule has 2 nitrogen and oxygen atoms in total. The number of rotatable bonds is 2. The van der Waals surface area contributed by atoms with Gasteiger partial charge in [-0.1, -0.05) is 0 Å². The van der Waals surface area contributed by atoms with E-state index in [1.807, 2.05) is 0 Å². The summed E-state index contributed by atoms with van der Waals surface area (Å²) in [5.41, 5.74) is 0.371. The zero-order valence-corrected chi connectivity index (χ0v) is 10.7. The van der Waals surface area contributed by atoms with Crippen molar-refractivity contribution in [1.82, 2.24) is 10.2 Å². The molecule has 0 aliphatic carbocycles. The van der Waals surface area contributed by atoms with E-state index in [2.05, 4.69) is 38.0 Å². The van der Waals surface area contributed by atoms with Gasteiger partial charge in [-0.2, -0.15) is 0 Å². The maximum Gasteiger partial charge on any atom is 0.0130 e. The molecule has 2 heteroatoms. The van der Waals surface area contributed by atoms with Gasteiger partial charge in [0.2, 0.25) is 0 Å². The average Bonchev–Trinajstić information content (AvgIpc) is 2.39. The summed E-state index contributed by atoms with van der Waals surface area (Å²) in [4.78, 5) is 2.79. The van der Waals surface area contributed by atoms with Gasteiger partial charge in [-0.25, -0.2) is 0 Å². The lowest BCUT2D eigenvalue weighted by molar-refractivity contribution is 0.0226. The van der Waals surface area contributed by atoms with E-state index in [0.29, 0.717) is 5.54 Å². The Balaban J connectivity index is 2.04. The minimum Gasteiger partial charge on any atom is -0.319 e. The van der Waals surface area contributed by atoms with Crippen LogP contribution in [0, 0.1) is 5.92 Å². The Morgan fingerprint density at radius 2 is 1.67 bits per heavy atom. The van der Waals surface area contributed by atoms with Crippen LogP contribution in [0.15, 0.2) is 0 Å². The van der Waals surface area contributed by atoms with Crippen molar-refractivity contribution in [1.29, 1.82) is 0 Å². The molecule has 2 aliphatic rings. The lowest BCUT2D eigenvalue weighted by Gasteiger charge is -2.46. The number of piperidine rings is 1. The van der Waals surface area contributed by atoms with Crippen LogP contribution in [0.3, 0.4) is 0 Å². The summed E-state index contributed by atoms with van der Waals surface area (Å²) in [7, 11) is 2.08. The second-order valence-corrected chi connectivity index (χ2v) is 6.36. The van der Waals surface area contributed by atoms with Gasteiger partial charge in [0.25, 0.3) is 0 Å². The van der Waals surface area contributed by atoms with Crippen molar-refractivity contribution in [2.45, 2.75) is 64.1 Å². The zero-order chi connectivity index (χ0) is 11.1. The summed E-state index contributed by atoms with van der Waals surface area (Å²) in [6.45, 7) is 8.33. The van der Waals surface area contributed by atoms with Crippen LogP contribution in [0.2, 0.25) is 0 Å². The Morgan fingerprint density at radius 1 is 1.13 bits per heavy atom. The standard InChI is InChI=1S/C13H26N2/c1-13(2,3)15-11-5-6-12(15)8-10(7-11)9-14-4/h10-12,14H,5-9H2,1-4H3. The van der Waals surface area contributed by atoms with Gasteiger partial charge in [0.15, 0.2) is 0 Å². The smallest absolute Gasteiger partial charge is 0.0130 e. The van der Waals surface area contributed by atoms with Gasteiger partial charge in [0, 0.05) is 17.6 Å². The first-order valence-electron chi connectivity index (χ1n) is 6.45. The molecule has 2 heterocycles. The molecule has 1 N–H and O–H groups in total. The average molecular weight is 210 g/mol. The van der Waals surface area contributed by atoms with E-state index < -0.39 is 0 Å². The highest BCUT2D eigenvalue weighted by Crippen LogP contribution is 2.42. The van der Waals surface area contributed by atoms with Crippen LogP contribution in [-0.4, -0.2) is 36.1 Å². The van der Waals surface area contributed by atoms with Gasteiger partial charge < -0.3 is 5.32 Å². The largest absolute Gasteiger partial charge is 0.319 e. The van der Waals surface area contributed by atoms with Gasteiger partial charge in [-0.05, 0) is 66.0 Å². The molecule has 2 saturated heterocycles. The van der Waals surface area contributed by atoms with Crippen LogP contribution in [0.5, 0.6) is 0 Å². The quantitative estimate of drug-likeness (QED) is 0.752. The predicted molar refractivity (Wildman–Crippen MR) is 65.1 cm³/mol. The molecule has 0 saturated carbocycles. The Hall–Kier alpha value is -0.0800. The summed E-state index contributed by atoms with van der Waals surface area (Å²) in [5, 5.41) is 3.34. The molecular formula is C13H26N2. The van der Waals surface area contributed by atoms with E-state index >= 15 is 0 Å². The highest BCUT2D eigenvalue weighted by Gasteiger charge is 2.44. The highest BCUT2D eigenvalue weighted by molar-refractivity contribution is 5.00.